The van der Waals surface area contributed by atoms with Gasteiger partial charge in [0, 0.05) is 32.5 Å². The van der Waals surface area contributed by atoms with Crippen molar-refractivity contribution in [3.05, 3.63) is 30.6 Å². The Labute approximate surface area is 112 Å². The zero-order valence-electron chi connectivity index (χ0n) is 11.3. The first-order chi connectivity index (χ1) is 9.24. The summed E-state index contributed by atoms with van der Waals surface area (Å²) in [4.78, 5) is 0. The van der Waals surface area contributed by atoms with Gasteiger partial charge < -0.3 is 19.4 Å². The molecule has 6 nitrogen and oxygen atoms in total. The summed E-state index contributed by atoms with van der Waals surface area (Å²) in [5.74, 6) is 0.846. The lowest BCUT2D eigenvalue weighted by Gasteiger charge is -2.15. The van der Waals surface area contributed by atoms with Crippen molar-refractivity contribution < 1.29 is 9.47 Å². The van der Waals surface area contributed by atoms with Gasteiger partial charge in [0.25, 0.3) is 0 Å². The molecule has 0 bridgehead atoms. The Bertz CT molecular complexity index is 506. The molecule has 102 valence electrons. The van der Waals surface area contributed by atoms with Gasteiger partial charge in [-0.2, -0.15) is 0 Å². The number of hydrogen-bond donors (Lipinski definition) is 1. The van der Waals surface area contributed by atoms with Crippen molar-refractivity contribution in [2.75, 3.05) is 26.1 Å². The van der Waals surface area contributed by atoms with Gasteiger partial charge >= 0.3 is 0 Å². The number of anilines is 1. The third-order valence-corrected chi connectivity index (χ3v) is 2.85. The Morgan fingerprint density at radius 3 is 2.42 bits per heavy atom. The lowest BCUT2D eigenvalue weighted by Crippen LogP contribution is -2.23. The molecule has 0 aliphatic heterocycles. The van der Waals surface area contributed by atoms with E-state index in [-0.39, 0.29) is 6.29 Å². The molecular formula is C13H18N4O2. The summed E-state index contributed by atoms with van der Waals surface area (Å²) < 4.78 is 12.1. The van der Waals surface area contributed by atoms with Crippen LogP contribution < -0.4 is 5.32 Å². The van der Waals surface area contributed by atoms with E-state index in [4.69, 9.17) is 9.47 Å². The molecule has 0 unspecified atom stereocenters. The monoisotopic (exact) mass is 262 g/mol. The van der Waals surface area contributed by atoms with Crippen LogP contribution >= 0.6 is 0 Å². The second-order valence-electron chi connectivity index (χ2n) is 4.12. The fourth-order valence-corrected chi connectivity index (χ4v) is 1.75. The number of aryl methyl sites for hydroxylation is 1. The van der Waals surface area contributed by atoms with Crippen LogP contribution in [0.5, 0.6) is 0 Å². The van der Waals surface area contributed by atoms with Crippen molar-refractivity contribution >= 4 is 5.69 Å². The molecule has 2 aromatic rings. The minimum absolute atomic E-state index is 0.251. The van der Waals surface area contributed by atoms with Gasteiger partial charge in [0.1, 0.15) is 6.33 Å². The van der Waals surface area contributed by atoms with Crippen LogP contribution in [0.1, 0.15) is 0 Å². The molecule has 0 radical (unpaired) electrons. The minimum Gasteiger partial charge on any atom is -0.380 e. The Kier molecular flexibility index (Phi) is 4.48. The lowest BCUT2D eigenvalue weighted by atomic mass is 10.2. The van der Waals surface area contributed by atoms with Crippen molar-refractivity contribution in [3.8, 4) is 11.4 Å². The van der Waals surface area contributed by atoms with E-state index in [0.717, 1.165) is 17.1 Å². The average molecular weight is 262 g/mol. The molecule has 1 aromatic heterocycles. The molecule has 0 aliphatic carbocycles. The van der Waals surface area contributed by atoms with E-state index < -0.39 is 0 Å². The molecule has 0 amide bonds. The van der Waals surface area contributed by atoms with Gasteiger partial charge in [0.2, 0.25) is 0 Å². The maximum atomic E-state index is 5.11. The standard InChI is InChI=1S/C13H18N4O2/c1-17-9-15-16-13(17)10-4-6-11(7-5-10)14-8-12(18-2)19-3/h4-7,9,12,14H,8H2,1-3H3. The van der Waals surface area contributed by atoms with E-state index in [0.29, 0.717) is 6.54 Å². The topological polar surface area (TPSA) is 61.2 Å². The number of benzene rings is 1. The highest BCUT2D eigenvalue weighted by Crippen LogP contribution is 2.18. The number of ether oxygens (including phenoxy) is 2. The third-order valence-electron chi connectivity index (χ3n) is 2.85. The first-order valence-corrected chi connectivity index (χ1v) is 5.98. The molecule has 19 heavy (non-hydrogen) atoms. The van der Waals surface area contributed by atoms with E-state index in [1.807, 2.05) is 35.9 Å². The minimum atomic E-state index is -0.251. The van der Waals surface area contributed by atoms with E-state index in [1.54, 1.807) is 20.5 Å². The van der Waals surface area contributed by atoms with Crippen LogP contribution in [0, 0.1) is 0 Å². The smallest absolute Gasteiger partial charge is 0.173 e. The zero-order valence-corrected chi connectivity index (χ0v) is 11.3. The van der Waals surface area contributed by atoms with Gasteiger partial charge in [0.05, 0.1) is 6.54 Å². The summed E-state index contributed by atoms with van der Waals surface area (Å²) in [5.41, 5.74) is 2.03. The fourth-order valence-electron chi connectivity index (χ4n) is 1.75. The lowest BCUT2D eigenvalue weighted by molar-refractivity contribution is -0.0914. The first-order valence-electron chi connectivity index (χ1n) is 5.98. The van der Waals surface area contributed by atoms with Gasteiger partial charge in [0.15, 0.2) is 12.1 Å². The highest BCUT2D eigenvalue weighted by molar-refractivity contribution is 5.59. The van der Waals surface area contributed by atoms with Crippen molar-refractivity contribution in [3.63, 3.8) is 0 Å². The average Bonchev–Trinajstić information content (AvgIpc) is 2.87. The number of nitrogens with zero attached hydrogens (tertiary/aromatic N) is 3. The summed E-state index contributed by atoms with van der Waals surface area (Å²) in [6.45, 7) is 0.594. The summed E-state index contributed by atoms with van der Waals surface area (Å²) in [6, 6.07) is 7.99. The molecule has 0 atom stereocenters. The molecule has 0 spiro atoms. The molecule has 0 fully saturated rings. The van der Waals surface area contributed by atoms with Crippen LogP contribution in [0.3, 0.4) is 0 Å². The molecule has 2 rings (SSSR count). The molecule has 1 aromatic carbocycles. The molecule has 1 N–H and O–H groups in total. The van der Waals surface area contributed by atoms with Crippen LogP contribution in [0.4, 0.5) is 5.69 Å². The summed E-state index contributed by atoms with van der Waals surface area (Å²) in [7, 11) is 5.16. The molecule has 0 saturated carbocycles. The van der Waals surface area contributed by atoms with Gasteiger partial charge in [-0.05, 0) is 24.3 Å². The van der Waals surface area contributed by atoms with Gasteiger partial charge in [-0.3, -0.25) is 0 Å². The largest absolute Gasteiger partial charge is 0.380 e. The SMILES string of the molecule is COC(CNc1ccc(-c2nncn2C)cc1)OC. The molecular weight excluding hydrogens is 244 g/mol. The zero-order chi connectivity index (χ0) is 13.7. The summed E-state index contributed by atoms with van der Waals surface area (Å²) >= 11 is 0. The molecule has 0 saturated heterocycles. The number of nitrogens with one attached hydrogen (secondary N) is 1. The van der Waals surface area contributed by atoms with E-state index in [9.17, 15) is 0 Å². The van der Waals surface area contributed by atoms with Crippen molar-refractivity contribution in [2.45, 2.75) is 6.29 Å². The summed E-state index contributed by atoms with van der Waals surface area (Å²) in [5, 5.41) is 11.2. The normalized spacial score (nSPS) is 10.9. The van der Waals surface area contributed by atoms with Gasteiger partial charge in [-0.1, -0.05) is 0 Å². The summed E-state index contributed by atoms with van der Waals surface area (Å²) in [6.07, 6.45) is 1.43. The van der Waals surface area contributed by atoms with E-state index >= 15 is 0 Å². The van der Waals surface area contributed by atoms with E-state index in [2.05, 4.69) is 15.5 Å². The highest BCUT2D eigenvalue weighted by Gasteiger charge is 2.06. The Balaban J connectivity index is 2.01. The predicted octanol–water partition coefficient (Wildman–Crippen LogP) is 1.51. The number of rotatable bonds is 6. The van der Waals surface area contributed by atoms with Crippen LogP contribution in [0.15, 0.2) is 30.6 Å². The van der Waals surface area contributed by atoms with Gasteiger partial charge in [-0.25, -0.2) is 0 Å². The quantitative estimate of drug-likeness (QED) is 0.800. The van der Waals surface area contributed by atoms with Crippen molar-refractivity contribution in [1.29, 1.82) is 0 Å². The third kappa shape index (κ3) is 3.30. The molecule has 6 heteroatoms. The molecule has 0 aliphatic rings. The van der Waals surface area contributed by atoms with Crippen LogP contribution in [0.2, 0.25) is 0 Å². The van der Waals surface area contributed by atoms with Crippen LogP contribution in [0.25, 0.3) is 11.4 Å². The van der Waals surface area contributed by atoms with Crippen molar-refractivity contribution in [1.82, 2.24) is 14.8 Å². The predicted molar refractivity (Wildman–Crippen MR) is 72.7 cm³/mol. The van der Waals surface area contributed by atoms with Gasteiger partial charge in [-0.15, -0.1) is 10.2 Å². The molecule has 1 heterocycles. The van der Waals surface area contributed by atoms with Crippen LogP contribution in [-0.4, -0.2) is 41.8 Å². The Morgan fingerprint density at radius 2 is 1.89 bits per heavy atom. The highest BCUT2D eigenvalue weighted by atomic mass is 16.7. The number of aromatic nitrogens is 3. The Hall–Kier alpha value is -1.92. The maximum Gasteiger partial charge on any atom is 0.173 e. The Morgan fingerprint density at radius 1 is 1.21 bits per heavy atom. The number of methoxy groups -OCH3 is 2. The van der Waals surface area contributed by atoms with E-state index in [1.165, 1.54) is 0 Å². The second-order valence-corrected chi connectivity index (χ2v) is 4.12. The second kappa shape index (κ2) is 6.31. The maximum absolute atomic E-state index is 5.11. The van der Waals surface area contributed by atoms with Crippen molar-refractivity contribution in [2.24, 2.45) is 7.05 Å². The number of hydrogen-bond acceptors (Lipinski definition) is 5. The fraction of sp³-hybridized carbons (Fsp3) is 0.385. The first kappa shape index (κ1) is 13.5. The van der Waals surface area contributed by atoms with Crippen LogP contribution in [-0.2, 0) is 16.5 Å².